The van der Waals surface area contributed by atoms with E-state index in [2.05, 4.69) is 5.32 Å². The minimum atomic E-state index is -0.461. The largest absolute Gasteiger partial charge is 0.452 e. The lowest BCUT2D eigenvalue weighted by Gasteiger charge is -2.08. The van der Waals surface area contributed by atoms with Crippen LogP contribution in [0.1, 0.15) is 31.2 Å². The Bertz CT molecular complexity index is 719. The molecule has 5 heteroatoms. The Balaban J connectivity index is 1.91. The van der Waals surface area contributed by atoms with Gasteiger partial charge in [0, 0.05) is 15.4 Å². The van der Waals surface area contributed by atoms with E-state index in [0.717, 1.165) is 20.9 Å². The average molecular weight is 317 g/mol. The predicted molar refractivity (Wildman–Crippen MR) is 88.6 cm³/mol. The smallest absolute Gasteiger partial charge is 0.339 e. The fourth-order valence-corrected chi connectivity index (χ4v) is 2.97. The Hall–Kier alpha value is -2.14. The highest BCUT2D eigenvalue weighted by atomic mass is 32.1. The molecule has 0 saturated heterocycles. The lowest BCUT2D eigenvalue weighted by molar-refractivity contribution is -0.119. The third-order valence-electron chi connectivity index (χ3n) is 3.39. The normalized spacial score (nSPS) is 10.4. The van der Waals surface area contributed by atoms with Crippen LogP contribution < -0.4 is 5.32 Å². The van der Waals surface area contributed by atoms with E-state index in [1.54, 1.807) is 6.07 Å². The average Bonchev–Trinajstić information content (AvgIpc) is 2.79. The van der Waals surface area contributed by atoms with Crippen LogP contribution in [0.5, 0.6) is 0 Å². The molecule has 0 saturated carbocycles. The molecule has 4 nitrogen and oxygen atoms in total. The molecule has 0 spiro atoms. The summed E-state index contributed by atoms with van der Waals surface area (Å²) in [6.07, 6.45) is 0. The van der Waals surface area contributed by atoms with Gasteiger partial charge >= 0.3 is 5.97 Å². The Morgan fingerprint density at radius 2 is 1.82 bits per heavy atom. The molecule has 22 heavy (non-hydrogen) atoms. The van der Waals surface area contributed by atoms with E-state index < -0.39 is 5.97 Å². The fourth-order valence-electron chi connectivity index (χ4n) is 2.06. The predicted octanol–water partition coefficient (Wildman–Crippen LogP) is 3.78. The molecule has 0 radical (unpaired) electrons. The zero-order valence-electron chi connectivity index (χ0n) is 13.1. The number of carbonyl (C=O) groups is 2. The summed E-state index contributed by atoms with van der Waals surface area (Å²) in [6, 6.07) is 7.44. The number of benzene rings is 1. The first-order valence-corrected chi connectivity index (χ1v) is 7.79. The van der Waals surface area contributed by atoms with E-state index in [1.807, 2.05) is 45.9 Å². The van der Waals surface area contributed by atoms with Crippen LogP contribution in [0.2, 0.25) is 0 Å². The summed E-state index contributed by atoms with van der Waals surface area (Å²) in [4.78, 5) is 25.7. The quantitative estimate of drug-likeness (QED) is 0.873. The molecular weight excluding hydrogens is 298 g/mol. The Labute approximate surface area is 134 Å². The second-order valence-corrected chi connectivity index (χ2v) is 6.71. The molecule has 0 unspecified atom stereocenters. The van der Waals surface area contributed by atoms with Crippen LogP contribution >= 0.6 is 11.3 Å². The van der Waals surface area contributed by atoms with Gasteiger partial charge in [-0.25, -0.2) is 4.79 Å². The molecule has 1 N–H and O–H groups in total. The van der Waals surface area contributed by atoms with Crippen molar-refractivity contribution >= 4 is 28.9 Å². The zero-order chi connectivity index (χ0) is 16.3. The molecule has 1 heterocycles. The van der Waals surface area contributed by atoms with Crippen LogP contribution in [-0.4, -0.2) is 18.5 Å². The molecule has 0 aliphatic carbocycles. The molecule has 0 atom stereocenters. The van der Waals surface area contributed by atoms with Crippen molar-refractivity contribution in [3.8, 4) is 0 Å². The maximum Gasteiger partial charge on any atom is 0.339 e. The van der Waals surface area contributed by atoms with Crippen molar-refractivity contribution in [2.45, 2.75) is 27.7 Å². The Morgan fingerprint density at radius 3 is 2.41 bits per heavy atom. The van der Waals surface area contributed by atoms with Gasteiger partial charge in [0.25, 0.3) is 5.91 Å². The summed E-state index contributed by atoms with van der Waals surface area (Å²) in [5.41, 5.74) is 3.49. The van der Waals surface area contributed by atoms with Gasteiger partial charge in [-0.15, -0.1) is 11.3 Å². The lowest BCUT2D eigenvalue weighted by Crippen LogP contribution is -2.21. The number of thiophene rings is 1. The van der Waals surface area contributed by atoms with Crippen LogP contribution in [0, 0.1) is 27.7 Å². The fraction of sp³-hybridized carbons (Fsp3) is 0.294. The van der Waals surface area contributed by atoms with Crippen molar-refractivity contribution in [3.63, 3.8) is 0 Å². The molecule has 1 aromatic heterocycles. The first-order chi connectivity index (χ1) is 10.4. The third-order valence-corrected chi connectivity index (χ3v) is 4.35. The van der Waals surface area contributed by atoms with Gasteiger partial charge < -0.3 is 10.1 Å². The summed E-state index contributed by atoms with van der Waals surface area (Å²) in [7, 11) is 0. The van der Waals surface area contributed by atoms with Crippen LogP contribution in [0.4, 0.5) is 5.69 Å². The van der Waals surface area contributed by atoms with Crippen molar-refractivity contribution in [3.05, 3.63) is 50.7 Å². The molecule has 1 aromatic carbocycles. The van der Waals surface area contributed by atoms with Gasteiger partial charge in [0.1, 0.15) is 0 Å². The Kier molecular flexibility index (Phi) is 4.98. The first-order valence-electron chi connectivity index (χ1n) is 6.98. The number of aryl methyl sites for hydroxylation is 4. The number of hydrogen-bond donors (Lipinski definition) is 1. The molecule has 1 amide bonds. The minimum absolute atomic E-state index is 0.292. The molecule has 0 bridgehead atoms. The van der Waals surface area contributed by atoms with Gasteiger partial charge in [-0.05, 0) is 57.0 Å². The number of nitrogens with one attached hydrogen (secondary N) is 1. The topological polar surface area (TPSA) is 55.4 Å². The molecule has 0 aliphatic rings. The number of carbonyl (C=O) groups excluding carboxylic acids is 2. The van der Waals surface area contributed by atoms with Gasteiger partial charge in [0.15, 0.2) is 6.61 Å². The van der Waals surface area contributed by atoms with Crippen molar-refractivity contribution in [1.29, 1.82) is 0 Å². The summed E-state index contributed by atoms with van der Waals surface area (Å²) in [5.74, 6) is -0.807. The van der Waals surface area contributed by atoms with Crippen LogP contribution in [0.15, 0.2) is 24.3 Å². The summed E-state index contributed by atoms with van der Waals surface area (Å²) < 4.78 is 5.07. The van der Waals surface area contributed by atoms with Crippen molar-refractivity contribution < 1.29 is 14.3 Å². The SMILES string of the molecule is Cc1cc(C(=O)OCC(=O)Nc2ccc(C)c(C)c2)c(C)s1. The van der Waals surface area contributed by atoms with Crippen molar-refractivity contribution in [2.75, 3.05) is 11.9 Å². The minimum Gasteiger partial charge on any atom is -0.452 e. The second-order valence-electron chi connectivity index (χ2n) is 5.25. The van der Waals surface area contributed by atoms with Gasteiger partial charge in [0.05, 0.1) is 5.56 Å². The molecular formula is C17H19NO3S. The molecule has 2 aromatic rings. The lowest BCUT2D eigenvalue weighted by atomic mass is 10.1. The molecule has 2 rings (SSSR count). The van der Waals surface area contributed by atoms with Crippen LogP contribution in [0.25, 0.3) is 0 Å². The first kappa shape index (κ1) is 16.2. The van der Waals surface area contributed by atoms with E-state index in [-0.39, 0.29) is 12.5 Å². The van der Waals surface area contributed by atoms with Gasteiger partial charge in [-0.3, -0.25) is 4.79 Å². The van der Waals surface area contributed by atoms with Crippen molar-refractivity contribution in [2.24, 2.45) is 0 Å². The van der Waals surface area contributed by atoms with Crippen LogP contribution in [0.3, 0.4) is 0 Å². The van der Waals surface area contributed by atoms with Gasteiger partial charge in [-0.2, -0.15) is 0 Å². The highest BCUT2D eigenvalue weighted by Gasteiger charge is 2.15. The monoisotopic (exact) mass is 317 g/mol. The Morgan fingerprint density at radius 1 is 1.09 bits per heavy atom. The standard InChI is InChI=1S/C17H19NO3S/c1-10-5-6-14(7-11(10)2)18-16(19)9-21-17(20)15-8-12(3)22-13(15)4/h5-8H,9H2,1-4H3,(H,18,19). The van der Waals surface area contributed by atoms with Crippen LogP contribution in [-0.2, 0) is 9.53 Å². The maximum atomic E-state index is 11.9. The number of amides is 1. The van der Waals surface area contributed by atoms with Gasteiger partial charge in [-0.1, -0.05) is 6.07 Å². The van der Waals surface area contributed by atoms with E-state index in [0.29, 0.717) is 11.3 Å². The second kappa shape index (κ2) is 6.75. The number of anilines is 1. The van der Waals surface area contributed by atoms with Crippen molar-refractivity contribution in [1.82, 2.24) is 0 Å². The van der Waals surface area contributed by atoms with E-state index in [4.69, 9.17) is 4.74 Å². The number of esters is 1. The van der Waals surface area contributed by atoms with E-state index >= 15 is 0 Å². The van der Waals surface area contributed by atoms with E-state index in [1.165, 1.54) is 11.3 Å². The number of hydrogen-bond acceptors (Lipinski definition) is 4. The molecule has 116 valence electrons. The number of rotatable bonds is 4. The zero-order valence-corrected chi connectivity index (χ0v) is 14.0. The summed E-state index contributed by atoms with van der Waals surface area (Å²) in [5, 5.41) is 2.72. The molecule has 0 fully saturated rings. The number of ether oxygens (including phenoxy) is 1. The van der Waals surface area contributed by atoms with Gasteiger partial charge in [0.2, 0.25) is 0 Å². The molecule has 0 aliphatic heterocycles. The highest BCUT2D eigenvalue weighted by Crippen LogP contribution is 2.21. The third kappa shape index (κ3) is 3.95. The maximum absolute atomic E-state index is 11.9. The van der Waals surface area contributed by atoms with E-state index in [9.17, 15) is 9.59 Å². The highest BCUT2D eigenvalue weighted by molar-refractivity contribution is 7.12. The summed E-state index contributed by atoms with van der Waals surface area (Å²) in [6.45, 7) is 7.49. The summed E-state index contributed by atoms with van der Waals surface area (Å²) >= 11 is 1.54.